The Balaban J connectivity index is 2.33. The first-order valence-corrected chi connectivity index (χ1v) is 6.22. The summed E-state index contributed by atoms with van der Waals surface area (Å²) in [6.07, 6.45) is 0.530. The Bertz CT molecular complexity index is 576. The summed E-state index contributed by atoms with van der Waals surface area (Å²) >= 11 is 0. The molecule has 1 heterocycles. The van der Waals surface area contributed by atoms with Gasteiger partial charge < -0.3 is 5.32 Å². The van der Waals surface area contributed by atoms with Gasteiger partial charge >= 0.3 is 0 Å². The predicted octanol–water partition coefficient (Wildman–Crippen LogP) is 3.53. The molecule has 0 bridgehead atoms. The van der Waals surface area contributed by atoms with Crippen molar-refractivity contribution in [2.75, 3.05) is 5.32 Å². The van der Waals surface area contributed by atoms with Crippen molar-refractivity contribution in [1.29, 1.82) is 0 Å². The molecule has 0 aliphatic heterocycles. The number of aryl methyl sites for hydroxylation is 1. The Morgan fingerprint density at radius 3 is 2.78 bits per heavy atom. The summed E-state index contributed by atoms with van der Waals surface area (Å²) in [7, 11) is 0. The number of hydrogen-bond acceptors (Lipinski definition) is 2. The van der Waals surface area contributed by atoms with Crippen molar-refractivity contribution in [3.05, 3.63) is 36.0 Å². The number of carbonyl (C=O) groups excluding carboxylic acids is 1. The number of nitrogens with zero attached hydrogens (tertiary/aromatic N) is 1. The van der Waals surface area contributed by atoms with E-state index < -0.39 is 0 Å². The number of anilines is 1. The van der Waals surface area contributed by atoms with Crippen LogP contribution in [0.15, 0.2) is 30.3 Å². The number of amides is 1. The second-order valence-corrected chi connectivity index (χ2v) is 4.98. The van der Waals surface area contributed by atoms with Crippen molar-refractivity contribution in [3.8, 4) is 0 Å². The van der Waals surface area contributed by atoms with E-state index in [1.807, 2.05) is 51.1 Å². The van der Waals surface area contributed by atoms with Gasteiger partial charge in [-0.05, 0) is 25.0 Å². The summed E-state index contributed by atoms with van der Waals surface area (Å²) in [6, 6.07) is 9.83. The SMILES string of the molecule is Cc1ccc2cccc(NC(=O)CC(C)C)c2n1. The van der Waals surface area contributed by atoms with Gasteiger partial charge in [0.15, 0.2) is 0 Å². The highest BCUT2D eigenvalue weighted by Crippen LogP contribution is 2.22. The van der Waals surface area contributed by atoms with Crippen LogP contribution in [0.1, 0.15) is 26.0 Å². The zero-order chi connectivity index (χ0) is 13.1. The molecule has 0 fully saturated rings. The number of aromatic nitrogens is 1. The van der Waals surface area contributed by atoms with Crippen molar-refractivity contribution in [2.24, 2.45) is 5.92 Å². The standard InChI is InChI=1S/C15H18N2O/c1-10(2)9-14(18)17-13-6-4-5-12-8-7-11(3)16-15(12)13/h4-8,10H,9H2,1-3H3,(H,17,18). The van der Waals surface area contributed by atoms with Gasteiger partial charge in [0.1, 0.15) is 0 Å². The van der Waals surface area contributed by atoms with Crippen LogP contribution in [0.3, 0.4) is 0 Å². The maximum Gasteiger partial charge on any atom is 0.224 e. The predicted molar refractivity (Wildman–Crippen MR) is 74.6 cm³/mol. The number of carbonyl (C=O) groups is 1. The molecule has 3 heteroatoms. The highest BCUT2D eigenvalue weighted by molar-refractivity contribution is 6.00. The second kappa shape index (κ2) is 5.17. The van der Waals surface area contributed by atoms with Crippen LogP contribution in [0.4, 0.5) is 5.69 Å². The van der Waals surface area contributed by atoms with Crippen LogP contribution in [0.2, 0.25) is 0 Å². The molecule has 0 unspecified atom stereocenters. The van der Waals surface area contributed by atoms with Crippen molar-refractivity contribution in [3.63, 3.8) is 0 Å². The van der Waals surface area contributed by atoms with E-state index >= 15 is 0 Å². The molecule has 0 aliphatic rings. The first kappa shape index (κ1) is 12.6. The molecule has 94 valence electrons. The van der Waals surface area contributed by atoms with Gasteiger partial charge in [-0.25, -0.2) is 0 Å². The quantitative estimate of drug-likeness (QED) is 0.894. The Morgan fingerprint density at radius 1 is 1.28 bits per heavy atom. The van der Waals surface area contributed by atoms with Gasteiger partial charge in [-0.15, -0.1) is 0 Å². The van der Waals surface area contributed by atoms with Crippen molar-refractivity contribution >= 4 is 22.5 Å². The average molecular weight is 242 g/mol. The largest absolute Gasteiger partial charge is 0.324 e. The molecule has 1 amide bonds. The number of rotatable bonds is 3. The smallest absolute Gasteiger partial charge is 0.224 e. The van der Waals surface area contributed by atoms with Crippen LogP contribution in [0, 0.1) is 12.8 Å². The van der Waals surface area contributed by atoms with E-state index in [4.69, 9.17) is 0 Å². The van der Waals surface area contributed by atoms with Crippen LogP contribution in [0.25, 0.3) is 10.9 Å². The van der Waals surface area contributed by atoms with Gasteiger partial charge in [-0.3, -0.25) is 9.78 Å². The minimum Gasteiger partial charge on any atom is -0.324 e. The molecule has 18 heavy (non-hydrogen) atoms. The number of benzene rings is 1. The Labute approximate surface area is 107 Å². The molecule has 0 saturated carbocycles. The summed E-state index contributed by atoms with van der Waals surface area (Å²) in [6.45, 7) is 6.02. The van der Waals surface area contributed by atoms with Crippen molar-refractivity contribution < 1.29 is 4.79 Å². The van der Waals surface area contributed by atoms with Gasteiger partial charge in [0.25, 0.3) is 0 Å². The van der Waals surface area contributed by atoms with Crippen LogP contribution in [-0.4, -0.2) is 10.9 Å². The van der Waals surface area contributed by atoms with E-state index in [1.165, 1.54) is 0 Å². The van der Waals surface area contributed by atoms with E-state index in [-0.39, 0.29) is 5.91 Å². The summed E-state index contributed by atoms with van der Waals surface area (Å²) in [5, 5.41) is 3.99. The zero-order valence-corrected chi connectivity index (χ0v) is 11.0. The molecular formula is C15H18N2O. The molecule has 0 saturated heterocycles. The average Bonchev–Trinajstić information content (AvgIpc) is 2.28. The van der Waals surface area contributed by atoms with E-state index in [0.717, 1.165) is 22.3 Å². The molecule has 0 radical (unpaired) electrons. The first-order valence-electron chi connectivity index (χ1n) is 6.22. The number of nitrogens with one attached hydrogen (secondary N) is 1. The molecule has 2 rings (SSSR count). The fraction of sp³-hybridized carbons (Fsp3) is 0.333. The monoisotopic (exact) mass is 242 g/mol. The molecule has 1 aromatic heterocycles. The van der Waals surface area contributed by atoms with Crippen molar-refractivity contribution in [2.45, 2.75) is 27.2 Å². The fourth-order valence-electron chi connectivity index (χ4n) is 1.92. The zero-order valence-electron chi connectivity index (χ0n) is 11.0. The Morgan fingerprint density at radius 2 is 2.06 bits per heavy atom. The number of para-hydroxylation sites is 1. The van der Waals surface area contributed by atoms with Gasteiger partial charge in [0.2, 0.25) is 5.91 Å². The summed E-state index contributed by atoms with van der Waals surface area (Å²) in [5.74, 6) is 0.399. The lowest BCUT2D eigenvalue weighted by atomic mass is 10.1. The van der Waals surface area contributed by atoms with Crippen LogP contribution in [0.5, 0.6) is 0 Å². The van der Waals surface area contributed by atoms with E-state index in [9.17, 15) is 4.79 Å². The summed E-state index contributed by atoms with van der Waals surface area (Å²) in [5.41, 5.74) is 2.60. The van der Waals surface area contributed by atoms with Crippen LogP contribution < -0.4 is 5.32 Å². The third kappa shape index (κ3) is 2.86. The minimum absolute atomic E-state index is 0.0424. The van der Waals surface area contributed by atoms with Gasteiger partial charge in [0, 0.05) is 17.5 Å². The maximum atomic E-state index is 11.8. The molecule has 0 aliphatic carbocycles. The number of fused-ring (bicyclic) bond motifs is 1. The molecule has 3 nitrogen and oxygen atoms in total. The topological polar surface area (TPSA) is 42.0 Å². The normalized spacial score (nSPS) is 10.9. The maximum absolute atomic E-state index is 11.8. The molecule has 2 aromatic rings. The van der Waals surface area contributed by atoms with Gasteiger partial charge in [0.05, 0.1) is 11.2 Å². The molecule has 0 spiro atoms. The third-order valence-corrected chi connectivity index (χ3v) is 2.73. The van der Waals surface area contributed by atoms with Gasteiger partial charge in [-0.1, -0.05) is 32.0 Å². The molecular weight excluding hydrogens is 224 g/mol. The highest BCUT2D eigenvalue weighted by Gasteiger charge is 2.08. The highest BCUT2D eigenvalue weighted by atomic mass is 16.1. The fourth-order valence-corrected chi connectivity index (χ4v) is 1.92. The van der Waals surface area contributed by atoms with Crippen molar-refractivity contribution in [1.82, 2.24) is 4.98 Å². The minimum atomic E-state index is 0.0424. The molecule has 0 atom stereocenters. The van der Waals surface area contributed by atoms with Crippen LogP contribution in [-0.2, 0) is 4.79 Å². The lowest BCUT2D eigenvalue weighted by Gasteiger charge is -2.09. The van der Waals surface area contributed by atoms with E-state index in [2.05, 4.69) is 10.3 Å². The summed E-state index contributed by atoms with van der Waals surface area (Å²) < 4.78 is 0. The first-order chi connectivity index (χ1) is 8.56. The van der Waals surface area contributed by atoms with Crippen LogP contribution >= 0.6 is 0 Å². The number of pyridine rings is 1. The molecule has 1 N–H and O–H groups in total. The Hall–Kier alpha value is -1.90. The lowest BCUT2D eigenvalue weighted by molar-refractivity contribution is -0.116. The Kier molecular flexibility index (Phi) is 3.60. The second-order valence-electron chi connectivity index (χ2n) is 4.98. The van der Waals surface area contributed by atoms with E-state index in [1.54, 1.807) is 0 Å². The summed E-state index contributed by atoms with van der Waals surface area (Å²) in [4.78, 5) is 16.3. The van der Waals surface area contributed by atoms with E-state index in [0.29, 0.717) is 12.3 Å². The lowest BCUT2D eigenvalue weighted by Crippen LogP contribution is -2.14. The third-order valence-electron chi connectivity index (χ3n) is 2.73. The van der Waals surface area contributed by atoms with Gasteiger partial charge in [-0.2, -0.15) is 0 Å². The number of hydrogen-bond donors (Lipinski definition) is 1. The molecule has 1 aromatic carbocycles.